The molecular weight excluding hydrogens is 365 g/mol. The molecule has 2 amide bonds. The Kier molecular flexibility index (Phi) is 5.81. The molecule has 5 nitrogen and oxygen atoms in total. The zero-order chi connectivity index (χ0) is 19.4. The molecule has 2 aromatic carbocycles. The van der Waals surface area contributed by atoms with Gasteiger partial charge < -0.3 is 10.2 Å². The monoisotopic (exact) mass is 385 g/mol. The molecule has 1 fully saturated rings. The Balaban J connectivity index is 1.66. The van der Waals surface area contributed by atoms with Gasteiger partial charge in [0.15, 0.2) is 5.11 Å². The highest BCUT2D eigenvalue weighted by Gasteiger charge is 2.41. The number of thiocarbonyl (C=S) groups is 1. The lowest BCUT2D eigenvalue weighted by atomic mass is 10.1. The number of carbonyl (C=O) groups is 2. The molecular formula is C20H20FN3O2S. The van der Waals surface area contributed by atoms with E-state index in [2.05, 4.69) is 5.32 Å². The maximum Gasteiger partial charge on any atom is 0.251 e. The van der Waals surface area contributed by atoms with Gasteiger partial charge in [0.25, 0.3) is 5.91 Å². The Morgan fingerprint density at radius 3 is 2.48 bits per heavy atom. The van der Waals surface area contributed by atoms with Crippen LogP contribution in [0.5, 0.6) is 0 Å². The van der Waals surface area contributed by atoms with E-state index in [-0.39, 0.29) is 24.1 Å². The first-order valence-electron chi connectivity index (χ1n) is 8.63. The third-order valence-corrected chi connectivity index (χ3v) is 5.02. The second kappa shape index (κ2) is 8.26. The number of nitrogens with one attached hydrogen (secondary N) is 1. The van der Waals surface area contributed by atoms with Gasteiger partial charge in [-0.3, -0.25) is 14.5 Å². The summed E-state index contributed by atoms with van der Waals surface area (Å²) in [6.07, 6.45) is 0.702. The zero-order valence-corrected chi connectivity index (χ0v) is 15.7. The summed E-state index contributed by atoms with van der Waals surface area (Å²) in [7, 11) is 1.62. The maximum atomic E-state index is 13.0. The van der Waals surface area contributed by atoms with E-state index in [4.69, 9.17) is 12.2 Å². The summed E-state index contributed by atoms with van der Waals surface area (Å²) in [4.78, 5) is 28.1. The molecule has 0 spiro atoms. The van der Waals surface area contributed by atoms with E-state index in [1.807, 2.05) is 30.3 Å². The highest BCUT2D eigenvalue weighted by atomic mass is 32.1. The molecule has 0 radical (unpaired) electrons. The average Bonchev–Trinajstić information content (AvgIpc) is 2.86. The summed E-state index contributed by atoms with van der Waals surface area (Å²) in [5.41, 5.74) is 1.62. The molecule has 1 aliphatic rings. The lowest BCUT2D eigenvalue weighted by Gasteiger charge is -2.23. The van der Waals surface area contributed by atoms with E-state index in [0.29, 0.717) is 17.3 Å². The number of anilines is 1. The van der Waals surface area contributed by atoms with Crippen LogP contribution >= 0.6 is 12.2 Å². The van der Waals surface area contributed by atoms with Crippen molar-refractivity contribution in [3.63, 3.8) is 0 Å². The average molecular weight is 385 g/mol. The van der Waals surface area contributed by atoms with Crippen LogP contribution in [0.1, 0.15) is 12.0 Å². The lowest BCUT2D eigenvalue weighted by Crippen LogP contribution is -2.39. The van der Waals surface area contributed by atoms with E-state index in [1.165, 1.54) is 29.2 Å². The fourth-order valence-electron chi connectivity index (χ4n) is 3.04. The van der Waals surface area contributed by atoms with Crippen LogP contribution in [0.4, 0.5) is 10.1 Å². The molecule has 1 saturated heterocycles. The molecule has 0 aromatic heterocycles. The van der Waals surface area contributed by atoms with E-state index >= 15 is 0 Å². The third-order valence-electron chi connectivity index (χ3n) is 4.52. The maximum absolute atomic E-state index is 13.0. The molecule has 1 atom stereocenters. The number of benzene rings is 2. The van der Waals surface area contributed by atoms with Crippen molar-refractivity contribution in [2.75, 3.05) is 18.9 Å². The van der Waals surface area contributed by atoms with Crippen LogP contribution in [0.15, 0.2) is 54.6 Å². The molecule has 1 heterocycles. The van der Waals surface area contributed by atoms with Gasteiger partial charge in [0.05, 0.1) is 6.42 Å². The summed E-state index contributed by atoms with van der Waals surface area (Å²) in [5.74, 6) is -0.886. The minimum Gasteiger partial charge on any atom is -0.336 e. The van der Waals surface area contributed by atoms with Crippen LogP contribution < -0.4 is 5.32 Å². The van der Waals surface area contributed by atoms with Crippen LogP contribution in [0.3, 0.4) is 0 Å². The van der Waals surface area contributed by atoms with Crippen molar-refractivity contribution in [3.8, 4) is 0 Å². The molecule has 0 aliphatic carbocycles. The van der Waals surface area contributed by atoms with Gasteiger partial charge in [-0.15, -0.1) is 0 Å². The Morgan fingerprint density at radius 2 is 1.81 bits per heavy atom. The Morgan fingerprint density at radius 1 is 1.15 bits per heavy atom. The van der Waals surface area contributed by atoms with Crippen molar-refractivity contribution >= 4 is 34.8 Å². The van der Waals surface area contributed by atoms with E-state index in [1.54, 1.807) is 11.9 Å². The molecule has 0 unspecified atom stereocenters. The normalized spacial score (nSPS) is 16.7. The molecule has 27 heavy (non-hydrogen) atoms. The Hall–Kier alpha value is -2.80. The van der Waals surface area contributed by atoms with Crippen LogP contribution in [0.2, 0.25) is 0 Å². The molecule has 140 valence electrons. The summed E-state index contributed by atoms with van der Waals surface area (Å²) in [6, 6.07) is 14.8. The van der Waals surface area contributed by atoms with Gasteiger partial charge in [-0.05, 0) is 48.5 Å². The first kappa shape index (κ1) is 19.0. The number of likely N-dealkylation sites (N-methyl/N-ethyl adjacent to an activating group) is 1. The molecule has 3 rings (SSSR count). The van der Waals surface area contributed by atoms with E-state index in [9.17, 15) is 14.0 Å². The van der Waals surface area contributed by atoms with Gasteiger partial charge in [-0.1, -0.05) is 30.3 Å². The summed E-state index contributed by atoms with van der Waals surface area (Å²) >= 11 is 5.39. The number of halogens is 1. The zero-order valence-electron chi connectivity index (χ0n) is 14.9. The van der Waals surface area contributed by atoms with Crippen molar-refractivity contribution in [2.45, 2.75) is 18.9 Å². The van der Waals surface area contributed by atoms with Crippen LogP contribution in [-0.4, -0.2) is 46.4 Å². The number of rotatable bonds is 6. The third kappa shape index (κ3) is 4.49. The SMILES string of the molecule is CN1C(=O)[C@@H](CC(=O)Nc2ccc(F)cc2)N(CCc2ccccc2)C1=S. The second-order valence-corrected chi connectivity index (χ2v) is 6.75. The van der Waals surface area contributed by atoms with Crippen molar-refractivity contribution in [3.05, 3.63) is 66.0 Å². The van der Waals surface area contributed by atoms with Gasteiger partial charge in [-0.25, -0.2) is 4.39 Å². The van der Waals surface area contributed by atoms with Gasteiger partial charge in [0.2, 0.25) is 5.91 Å². The van der Waals surface area contributed by atoms with Crippen molar-refractivity contribution in [2.24, 2.45) is 0 Å². The second-order valence-electron chi connectivity index (χ2n) is 6.38. The van der Waals surface area contributed by atoms with Crippen LogP contribution in [0, 0.1) is 5.82 Å². The Labute approximate surface area is 162 Å². The molecule has 1 aliphatic heterocycles. The largest absolute Gasteiger partial charge is 0.336 e. The predicted molar refractivity (Wildman–Crippen MR) is 106 cm³/mol. The van der Waals surface area contributed by atoms with E-state index < -0.39 is 6.04 Å². The molecule has 7 heteroatoms. The van der Waals surface area contributed by atoms with Gasteiger partial charge in [0, 0.05) is 19.3 Å². The van der Waals surface area contributed by atoms with Crippen molar-refractivity contribution in [1.82, 2.24) is 9.80 Å². The number of nitrogens with zero attached hydrogens (tertiary/aromatic N) is 2. The molecule has 2 aromatic rings. The molecule has 0 saturated carbocycles. The smallest absolute Gasteiger partial charge is 0.251 e. The van der Waals surface area contributed by atoms with Crippen molar-refractivity contribution < 1.29 is 14.0 Å². The molecule has 0 bridgehead atoms. The van der Waals surface area contributed by atoms with Crippen LogP contribution in [0.25, 0.3) is 0 Å². The number of amides is 2. The summed E-state index contributed by atoms with van der Waals surface area (Å²) in [5, 5.41) is 3.12. The highest BCUT2D eigenvalue weighted by Crippen LogP contribution is 2.21. The number of hydrogen-bond acceptors (Lipinski definition) is 3. The first-order chi connectivity index (χ1) is 13.0. The van der Waals surface area contributed by atoms with Crippen molar-refractivity contribution in [1.29, 1.82) is 0 Å². The lowest BCUT2D eigenvalue weighted by molar-refractivity contribution is -0.130. The first-order valence-corrected chi connectivity index (χ1v) is 9.04. The van der Waals surface area contributed by atoms with E-state index in [0.717, 1.165) is 12.0 Å². The summed E-state index contributed by atoms with van der Waals surface area (Å²) < 4.78 is 13.0. The fourth-order valence-corrected chi connectivity index (χ4v) is 3.35. The topological polar surface area (TPSA) is 52.7 Å². The van der Waals surface area contributed by atoms with Gasteiger partial charge in [0.1, 0.15) is 11.9 Å². The minimum atomic E-state index is -0.633. The predicted octanol–water partition coefficient (Wildman–Crippen LogP) is 2.82. The van der Waals surface area contributed by atoms with Crippen LogP contribution in [-0.2, 0) is 16.0 Å². The fraction of sp³-hybridized carbons (Fsp3) is 0.250. The summed E-state index contributed by atoms with van der Waals surface area (Å²) in [6.45, 7) is 0.549. The van der Waals surface area contributed by atoms with Gasteiger partial charge in [-0.2, -0.15) is 0 Å². The Bertz CT molecular complexity index is 842. The minimum absolute atomic E-state index is 0.0184. The molecule has 1 N–H and O–H groups in total. The standard InChI is InChI=1S/C20H20FN3O2S/c1-23-19(26)17(13-18(25)22-16-9-7-15(21)8-10-16)24(20(23)27)12-11-14-5-3-2-4-6-14/h2-10,17H,11-13H2,1H3,(H,22,25)/t17-/m1/s1. The quantitative estimate of drug-likeness (QED) is 0.777. The highest BCUT2D eigenvalue weighted by molar-refractivity contribution is 7.80. The number of carbonyl (C=O) groups excluding carboxylic acids is 2. The number of hydrogen-bond donors (Lipinski definition) is 1. The van der Waals surface area contributed by atoms with Gasteiger partial charge >= 0.3 is 0 Å².